The summed E-state index contributed by atoms with van der Waals surface area (Å²) in [6, 6.07) is 7.61. The van der Waals surface area contributed by atoms with Crippen molar-refractivity contribution < 1.29 is 8.42 Å². The van der Waals surface area contributed by atoms with Crippen LogP contribution in [0.1, 0.15) is 25.5 Å². The van der Waals surface area contributed by atoms with E-state index in [0.717, 1.165) is 5.56 Å². The number of nitrogens with zero attached hydrogens (tertiary/aromatic N) is 1. The highest BCUT2D eigenvalue weighted by Gasteiger charge is 2.09. The van der Waals surface area contributed by atoms with Gasteiger partial charge in [0.2, 0.25) is 10.0 Å². The van der Waals surface area contributed by atoms with Crippen LogP contribution in [-0.2, 0) is 10.0 Å². The standard InChI is InChI=1S/C14H23ClN4O2S/c1-4-22(20,21)18-9-8-17-14(16-3)19-11(2)12-6-5-7-13(15)10-12/h5-7,10-11,18H,4,8-9H2,1-3H3,(H2,16,17,19). The Morgan fingerprint density at radius 3 is 2.68 bits per heavy atom. The monoisotopic (exact) mass is 346 g/mol. The molecule has 8 heteroatoms. The van der Waals surface area contributed by atoms with Gasteiger partial charge in [-0.1, -0.05) is 23.7 Å². The van der Waals surface area contributed by atoms with Gasteiger partial charge in [0.1, 0.15) is 0 Å². The van der Waals surface area contributed by atoms with Crippen LogP contribution in [0.4, 0.5) is 0 Å². The van der Waals surface area contributed by atoms with Crippen LogP contribution in [0, 0.1) is 0 Å². The van der Waals surface area contributed by atoms with Gasteiger partial charge in [0.25, 0.3) is 0 Å². The Balaban J connectivity index is 2.46. The fourth-order valence-electron chi connectivity index (χ4n) is 1.75. The first-order chi connectivity index (χ1) is 10.4. The smallest absolute Gasteiger partial charge is 0.211 e. The van der Waals surface area contributed by atoms with E-state index in [2.05, 4.69) is 20.3 Å². The second-order valence-corrected chi connectivity index (χ2v) is 7.25. The minimum Gasteiger partial charge on any atom is -0.355 e. The molecule has 0 heterocycles. The lowest BCUT2D eigenvalue weighted by Crippen LogP contribution is -2.42. The number of hydrogen-bond acceptors (Lipinski definition) is 3. The highest BCUT2D eigenvalue weighted by molar-refractivity contribution is 7.89. The van der Waals surface area contributed by atoms with Crippen LogP contribution < -0.4 is 15.4 Å². The zero-order chi connectivity index (χ0) is 16.6. The van der Waals surface area contributed by atoms with Crippen molar-refractivity contribution in [3.05, 3.63) is 34.9 Å². The maximum Gasteiger partial charge on any atom is 0.211 e. The van der Waals surface area contributed by atoms with Crippen LogP contribution in [0.3, 0.4) is 0 Å². The van der Waals surface area contributed by atoms with Crippen LogP contribution in [0.25, 0.3) is 0 Å². The van der Waals surface area contributed by atoms with Crippen molar-refractivity contribution in [2.75, 3.05) is 25.9 Å². The van der Waals surface area contributed by atoms with Crippen LogP contribution >= 0.6 is 11.6 Å². The summed E-state index contributed by atoms with van der Waals surface area (Å²) in [4.78, 5) is 4.11. The fraction of sp³-hybridized carbons (Fsp3) is 0.500. The van der Waals surface area contributed by atoms with Gasteiger partial charge in [-0.05, 0) is 31.5 Å². The van der Waals surface area contributed by atoms with E-state index in [1.54, 1.807) is 14.0 Å². The molecule has 0 aliphatic rings. The molecule has 1 aromatic rings. The van der Waals surface area contributed by atoms with Gasteiger partial charge in [0.05, 0.1) is 11.8 Å². The third-order valence-electron chi connectivity index (χ3n) is 3.04. The molecule has 1 unspecified atom stereocenters. The van der Waals surface area contributed by atoms with E-state index in [4.69, 9.17) is 11.6 Å². The Labute approximate surface area is 137 Å². The molecule has 0 bridgehead atoms. The molecule has 1 atom stereocenters. The van der Waals surface area contributed by atoms with Crippen LogP contribution in [0.15, 0.2) is 29.3 Å². The van der Waals surface area contributed by atoms with Gasteiger partial charge in [-0.15, -0.1) is 0 Å². The van der Waals surface area contributed by atoms with E-state index in [1.807, 2.05) is 31.2 Å². The number of nitrogens with one attached hydrogen (secondary N) is 3. The molecule has 0 aliphatic carbocycles. The van der Waals surface area contributed by atoms with E-state index in [9.17, 15) is 8.42 Å². The Morgan fingerprint density at radius 2 is 2.09 bits per heavy atom. The lowest BCUT2D eigenvalue weighted by atomic mass is 10.1. The predicted molar refractivity (Wildman–Crippen MR) is 91.8 cm³/mol. The lowest BCUT2D eigenvalue weighted by molar-refractivity contribution is 0.581. The number of rotatable bonds is 7. The van der Waals surface area contributed by atoms with Gasteiger partial charge in [0, 0.05) is 25.2 Å². The van der Waals surface area contributed by atoms with Crippen molar-refractivity contribution in [3.8, 4) is 0 Å². The second kappa shape index (κ2) is 8.97. The SMILES string of the molecule is CCS(=O)(=O)NCCNC(=NC)NC(C)c1cccc(Cl)c1. The molecule has 3 N–H and O–H groups in total. The van der Waals surface area contributed by atoms with E-state index in [-0.39, 0.29) is 11.8 Å². The first-order valence-electron chi connectivity index (χ1n) is 7.08. The van der Waals surface area contributed by atoms with Crippen molar-refractivity contribution >= 4 is 27.6 Å². The van der Waals surface area contributed by atoms with Crippen molar-refractivity contribution in [1.29, 1.82) is 0 Å². The normalized spacial score (nSPS) is 13.7. The summed E-state index contributed by atoms with van der Waals surface area (Å²) in [5, 5.41) is 6.97. The first-order valence-corrected chi connectivity index (χ1v) is 9.11. The van der Waals surface area contributed by atoms with Gasteiger partial charge in [0.15, 0.2) is 5.96 Å². The molecule has 0 aliphatic heterocycles. The van der Waals surface area contributed by atoms with Crippen molar-refractivity contribution in [3.63, 3.8) is 0 Å². The van der Waals surface area contributed by atoms with Gasteiger partial charge >= 0.3 is 0 Å². The van der Waals surface area contributed by atoms with E-state index in [0.29, 0.717) is 24.1 Å². The Hall–Kier alpha value is -1.31. The molecule has 0 spiro atoms. The summed E-state index contributed by atoms with van der Waals surface area (Å²) in [6.45, 7) is 4.35. The van der Waals surface area contributed by atoms with E-state index >= 15 is 0 Å². The summed E-state index contributed by atoms with van der Waals surface area (Å²) in [6.07, 6.45) is 0. The highest BCUT2D eigenvalue weighted by Crippen LogP contribution is 2.16. The molecular formula is C14H23ClN4O2S. The van der Waals surface area contributed by atoms with Crippen molar-refractivity contribution in [1.82, 2.24) is 15.4 Å². The van der Waals surface area contributed by atoms with E-state index in [1.165, 1.54) is 0 Å². The number of sulfonamides is 1. The van der Waals surface area contributed by atoms with Crippen LogP contribution in [0.5, 0.6) is 0 Å². The Bertz CT molecular complexity index is 605. The summed E-state index contributed by atoms with van der Waals surface area (Å²) < 4.78 is 25.1. The first kappa shape index (κ1) is 18.7. The van der Waals surface area contributed by atoms with Crippen molar-refractivity contribution in [2.24, 2.45) is 4.99 Å². The number of hydrogen-bond donors (Lipinski definition) is 3. The molecule has 0 fully saturated rings. The Kier molecular flexibility index (Phi) is 7.64. The molecule has 0 saturated carbocycles. The van der Waals surface area contributed by atoms with Gasteiger partial charge < -0.3 is 10.6 Å². The molecular weight excluding hydrogens is 324 g/mol. The maximum absolute atomic E-state index is 11.3. The molecule has 0 radical (unpaired) electrons. The van der Waals surface area contributed by atoms with Crippen molar-refractivity contribution in [2.45, 2.75) is 19.9 Å². The summed E-state index contributed by atoms with van der Waals surface area (Å²) in [5.41, 5.74) is 1.04. The minimum absolute atomic E-state index is 0.0252. The molecule has 0 aromatic heterocycles. The molecule has 6 nitrogen and oxygen atoms in total. The van der Waals surface area contributed by atoms with Gasteiger partial charge in [-0.2, -0.15) is 0 Å². The third kappa shape index (κ3) is 6.64. The average Bonchev–Trinajstić information content (AvgIpc) is 2.50. The summed E-state index contributed by atoms with van der Waals surface area (Å²) >= 11 is 5.98. The summed E-state index contributed by atoms with van der Waals surface area (Å²) in [7, 11) is -1.50. The minimum atomic E-state index is -3.16. The quantitative estimate of drug-likeness (QED) is 0.397. The number of benzene rings is 1. The summed E-state index contributed by atoms with van der Waals surface area (Å²) in [5.74, 6) is 0.675. The second-order valence-electron chi connectivity index (χ2n) is 4.72. The number of halogens is 1. The Morgan fingerprint density at radius 1 is 1.36 bits per heavy atom. The molecule has 124 valence electrons. The predicted octanol–water partition coefficient (Wildman–Crippen LogP) is 1.51. The molecule has 1 rings (SSSR count). The lowest BCUT2D eigenvalue weighted by Gasteiger charge is -2.18. The number of guanidine groups is 1. The zero-order valence-electron chi connectivity index (χ0n) is 13.1. The molecule has 22 heavy (non-hydrogen) atoms. The fourth-order valence-corrected chi connectivity index (χ4v) is 2.56. The largest absolute Gasteiger partial charge is 0.355 e. The molecule has 1 aromatic carbocycles. The zero-order valence-corrected chi connectivity index (χ0v) is 14.6. The molecule has 0 saturated heterocycles. The average molecular weight is 347 g/mol. The third-order valence-corrected chi connectivity index (χ3v) is 4.68. The maximum atomic E-state index is 11.3. The highest BCUT2D eigenvalue weighted by atomic mass is 35.5. The topological polar surface area (TPSA) is 82.6 Å². The van der Waals surface area contributed by atoms with Gasteiger partial charge in [-0.25, -0.2) is 13.1 Å². The number of aliphatic imine (C=N–C) groups is 1. The van der Waals surface area contributed by atoms with Crippen LogP contribution in [0.2, 0.25) is 5.02 Å². The van der Waals surface area contributed by atoms with E-state index < -0.39 is 10.0 Å². The van der Waals surface area contributed by atoms with Crippen LogP contribution in [-0.4, -0.2) is 40.3 Å². The van der Waals surface area contributed by atoms with Gasteiger partial charge in [-0.3, -0.25) is 4.99 Å². The molecule has 0 amide bonds.